The Hall–Kier alpha value is -3.26. The monoisotopic (exact) mass is 395 g/mol. The fourth-order valence-corrected chi connectivity index (χ4v) is 3.87. The van der Waals surface area contributed by atoms with E-state index in [4.69, 9.17) is 4.74 Å². The van der Waals surface area contributed by atoms with Gasteiger partial charge in [0.1, 0.15) is 5.75 Å². The van der Waals surface area contributed by atoms with Crippen LogP contribution in [0.5, 0.6) is 5.75 Å². The topological polar surface area (TPSA) is 79.8 Å². The second-order valence-electron chi connectivity index (χ2n) is 6.58. The number of esters is 1. The van der Waals surface area contributed by atoms with E-state index >= 15 is 0 Å². The van der Waals surface area contributed by atoms with Crippen LogP contribution in [0, 0.1) is 0 Å². The molecule has 0 N–H and O–H groups in total. The third-order valence-electron chi connectivity index (χ3n) is 4.33. The Morgan fingerprint density at radius 1 is 1.11 bits per heavy atom. The summed E-state index contributed by atoms with van der Waals surface area (Å²) in [6.07, 6.45) is 0.384. The highest BCUT2D eigenvalue weighted by molar-refractivity contribution is 7.22. The Labute approximate surface area is 165 Å². The SMILES string of the molecule is CN(C)c1nc2ccc(OC(=O)c3cccc(N4C(=O)CCC4=O)c3)cc2s1. The van der Waals surface area contributed by atoms with Crippen LogP contribution in [0.4, 0.5) is 10.8 Å². The van der Waals surface area contributed by atoms with E-state index in [1.54, 1.807) is 36.4 Å². The smallest absolute Gasteiger partial charge is 0.343 e. The molecule has 2 aromatic carbocycles. The zero-order valence-corrected chi connectivity index (χ0v) is 16.2. The summed E-state index contributed by atoms with van der Waals surface area (Å²) in [7, 11) is 3.84. The van der Waals surface area contributed by atoms with Crippen LogP contribution < -0.4 is 14.5 Å². The maximum Gasteiger partial charge on any atom is 0.343 e. The number of fused-ring (bicyclic) bond motifs is 1. The number of anilines is 2. The molecule has 2 amide bonds. The molecule has 0 atom stereocenters. The van der Waals surface area contributed by atoms with Crippen molar-refractivity contribution in [2.24, 2.45) is 0 Å². The van der Waals surface area contributed by atoms with E-state index in [1.807, 2.05) is 19.0 Å². The maximum atomic E-state index is 12.6. The first-order valence-corrected chi connectivity index (χ1v) is 9.50. The number of ether oxygens (including phenoxy) is 1. The number of aromatic nitrogens is 1. The molecule has 1 aliphatic rings. The molecule has 0 unspecified atom stereocenters. The lowest BCUT2D eigenvalue weighted by atomic mass is 10.2. The Morgan fingerprint density at radius 2 is 1.86 bits per heavy atom. The molecule has 3 aromatic rings. The highest BCUT2D eigenvalue weighted by Crippen LogP contribution is 2.31. The first-order valence-electron chi connectivity index (χ1n) is 8.68. The van der Waals surface area contributed by atoms with E-state index < -0.39 is 5.97 Å². The van der Waals surface area contributed by atoms with Gasteiger partial charge in [-0.3, -0.25) is 14.5 Å². The number of rotatable bonds is 4. The first kappa shape index (κ1) is 18.1. The molecular formula is C20H17N3O4S. The number of amides is 2. The number of thiazole rings is 1. The number of carbonyl (C=O) groups is 3. The second kappa shape index (κ2) is 7.05. The minimum Gasteiger partial charge on any atom is -0.423 e. The predicted molar refractivity (Wildman–Crippen MR) is 107 cm³/mol. The van der Waals surface area contributed by atoms with Crippen molar-refractivity contribution in [1.82, 2.24) is 4.98 Å². The molecule has 4 rings (SSSR count). The summed E-state index contributed by atoms with van der Waals surface area (Å²) < 4.78 is 6.40. The van der Waals surface area contributed by atoms with E-state index in [9.17, 15) is 14.4 Å². The molecule has 0 spiro atoms. The summed E-state index contributed by atoms with van der Waals surface area (Å²) in [6.45, 7) is 0. The Morgan fingerprint density at radius 3 is 2.57 bits per heavy atom. The molecule has 0 aliphatic carbocycles. The van der Waals surface area contributed by atoms with Gasteiger partial charge in [-0.05, 0) is 30.3 Å². The Bertz CT molecular complexity index is 1090. The highest BCUT2D eigenvalue weighted by atomic mass is 32.1. The number of hydrogen-bond donors (Lipinski definition) is 0. The molecule has 0 bridgehead atoms. The number of imide groups is 1. The fourth-order valence-electron chi connectivity index (χ4n) is 2.95. The molecule has 1 fully saturated rings. The molecule has 28 heavy (non-hydrogen) atoms. The average Bonchev–Trinajstić information content (AvgIpc) is 3.24. The summed E-state index contributed by atoms with van der Waals surface area (Å²) in [4.78, 5) is 43.9. The fraction of sp³-hybridized carbons (Fsp3) is 0.200. The lowest BCUT2D eigenvalue weighted by molar-refractivity contribution is -0.121. The van der Waals surface area contributed by atoms with Gasteiger partial charge in [-0.15, -0.1) is 0 Å². The van der Waals surface area contributed by atoms with Crippen molar-refractivity contribution in [3.05, 3.63) is 48.0 Å². The van der Waals surface area contributed by atoms with Gasteiger partial charge < -0.3 is 9.64 Å². The maximum absolute atomic E-state index is 12.6. The number of carbonyl (C=O) groups excluding carboxylic acids is 3. The summed E-state index contributed by atoms with van der Waals surface area (Å²) in [5.74, 6) is -0.673. The summed E-state index contributed by atoms with van der Waals surface area (Å²) in [5, 5.41) is 0.867. The van der Waals surface area contributed by atoms with Gasteiger partial charge in [0.05, 0.1) is 21.5 Å². The van der Waals surface area contributed by atoms with Crippen LogP contribution >= 0.6 is 11.3 Å². The third-order valence-corrected chi connectivity index (χ3v) is 5.52. The molecule has 1 aliphatic heterocycles. The lowest BCUT2D eigenvalue weighted by Crippen LogP contribution is -2.28. The predicted octanol–water partition coefficient (Wildman–Crippen LogP) is 3.23. The molecule has 1 saturated heterocycles. The van der Waals surface area contributed by atoms with E-state index in [-0.39, 0.29) is 30.2 Å². The first-order chi connectivity index (χ1) is 13.4. The number of benzene rings is 2. The van der Waals surface area contributed by atoms with Crippen molar-refractivity contribution >= 4 is 50.2 Å². The van der Waals surface area contributed by atoms with Crippen molar-refractivity contribution in [3.63, 3.8) is 0 Å². The zero-order chi connectivity index (χ0) is 19.8. The summed E-state index contributed by atoms with van der Waals surface area (Å²) in [5.41, 5.74) is 1.49. The van der Waals surface area contributed by atoms with E-state index in [2.05, 4.69) is 4.98 Å². The minimum atomic E-state index is -0.558. The van der Waals surface area contributed by atoms with Gasteiger partial charge >= 0.3 is 5.97 Å². The molecule has 0 radical (unpaired) electrons. The largest absolute Gasteiger partial charge is 0.423 e. The number of hydrogen-bond acceptors (Lipinski definition) is 7. The van der Waals surface area contributed by atoms with E-state index in [0.29, 0.717) is 11.4 Å². The summed E-state index contributed by atoms with van der Waals surface area (Å²) in [6, 6.07) is 11.6. The van der Waals surface area contributed by atoms with Gasteiger partial charge in [0, 0.05) is 33.0 Å². The molecular weight excluding hydrogens is 378 g/mol. The van der Waals surface area contributed by atoms with Gasteiger partial charge in [0.2, 0.25) is 11.8 Å². The molecule has 0 saturated carbocycles. The van der Waals surface area contributed by atoms with Crippen molar-refractivity contribution < 1.29 is 19.1 Å². The molecule has 7 nitrogen and oxygen atoms in total. The van der Waals surface area contributed by atoms with Gasteiger partial charge in [-0.1, -0.05) is 17.4 Å². The quantitative estimate of drug-likeness (QED) is 0.383. The normalized spacial score (nSPS) is 14.0. The van der Waals surface area contributed by atoms with Crippen LogP contribution in [-0.2, 0) is 9.59 Å². The molecule has 2 heterocycles. The molecule has 8 heteroatoms. The minimum absolute atomic E-state index is 0.192. The standard InChI is InChI=1S/C20H17N3O4S/c1-22(2)20-21-15-7-6-14(11-16(15)28-20)27-19(26)12-4-3-5-13(10-12)23-17(24)8-9-18(23)25/h3-7,10-11H,8-9H2,1-2H3. The third kappa shape index (κ3) is 3.34. The van der Waals surface area contributed by atoms with Crippen molar-refractivity contribution in [2.45, 2.75) is 12.8 Å². The lowest BCUT2D eigenvalue weighted by Gasteiger charge is -2.14. The Balaban J connectivity index is 1.57. The van der Waals surface area contributed by atoms with Crippen molar-refractivity contribution in [3.8, 4) is 5.75 Å². The Kier molecular flexibility index (Phi) is 4.56. The second-order valence-corrected chi connectivity index (χ2v) is 7.59. The van der Waals surface area contributed by atoms with Crippen LogP contribution in [-0.4, -0.2) is 36.9 Å². The van der Waals surface area contributed by atoms with E-state index in [0.717, 1.165) is 20.2 Å². The molecule has 1 aromatic heterocycles. The van der Waals surface area contributed by atoms with Crippen LogP contribution in [0.25, 0.3) is 10.2 Å². The van der Waals surface area contributed by atoms with Crippen molar-refractivity contribution in [1.29, 1.82) is 0 Å². The van der Waals surface area contributed by atoms with Gasteiger partial charge in [0.25, 0.3) is 0 Å². The average molecular weight is 395 g/mol. The summed E-state index contributed by atoms with van der Waals surface area (Å²) >= 11 is 1.50. The van der Waals surface area contributed by atoms with Crippen LogP contribution in [0.3, 0.4) is 0 Å². The highest BCUT2D eigenvalue weighted by Gasteiger charge is 2.30. The molecule has 142 valence electrons. The van der Waals surface area contributed by atoms with Gasteiger partial charge in [0.15, 0.2) is 5.13 Å². The van der Waals surface area contributed by atoms with Crippen LogP contribution in [0.2, 0.25) is 0 Å². The zero-order valence-electron chi connectivity index (χ0n) is 15.3. The van der Waals surface area contributed by atoms with E-state index in [1.165, 1.54) is 17.4 Å². The van der Waals surface area contributed by atoms with Crippen molar-refractivity contribution in [2.75, 3.05) is 23.9 Å². The van der Waals surface area contributed by atoms with Gasteiger partial charge in [-0.25, -0.2) is 9.78 Å². The van der Waals surface area contributed by atoms with Crippen LogP contribution in [0.15, 0.2) is 42.5 Å². The number of nitrogens with zero attached hydrogens (tertiary/aromatic N) is 3. The van der Waals surface area contributed by atoms with Gasteiger partial charge in [-0.2, -0.15) is 0 Å². The van der Waals surface area contributed by atoms with Crippen LogP contribution in [0.1, 0.15) is 23.2 Å².